The van der Waals surface area contributed by atoms with Crippen molar-refractivity contribution < 1.29 is 4.74 Å². The minimum absolute atomic E-state index is 0.358. The number of aryl methyl sites for hydroxylation is 3. The maximum absolute atomic E-state index is 6.16. The van der Waals surface area contributed by atoms with Gasteiger partial charge >= 0.3 is 0 Å². The second-order valence-corrected chi connectivity index (χ2v) is 5.95. The molecule has 3 aromatic rings. The normalized spacial score (nSPS) is 10.6. The first kappa shape index (κ1) is 16.8. The molecule has 0 aliphatic rings. The first-order chi connectivity index (χ1) is 12.1. The number of ether oxygens (including phenoxy) is 1. The van der Waals surface area contributed by atoms with E-state index in [1.165, 1.54) is 6.33 Å². The average Bonchev–Trinajstić information content (AvgIpc) is 3.07. The van der Waals surface area contributed by atoms with Gasteiger partial charge in [0, 0.05) is 25.5 Å². The monoisotopic (exact) mass is 338 g/mol. The number of aromatic nitrogens is 4. The lowest BCUT2D eigenvalue weighted by atomic mass is 10.1. The number of anilines is 2. The zero-order valence-electron chi connectivity index (χ0n) is 14.4. The van der Waals surface area contributed by atoms with Crippen LogP contribution in [0.1, 0.15) is 17.5 Å². The van der Waals surface area contributed by atoms with E-state index in [0.29, 0.717) is 23.1 Å². The standard InChI is InChI=1S/C18H22N6O/c1-13-8-14(2)10-15(9-13)25-18-16(19)17(22-11-23-18)21-4-3-6-24-7-5-20-12-24/h5,7-12H,3-4,6,19H2,1-2H3,(H,21,22,23). The fourth-order valence-corrected chi connectivity index (χ4v) is 2.59. The van der Waals surface area contributed by atoms with Crippen LogP contribution >= 0.6 is 0 Å². The first-order valence-electron chi connectivity index (χ1n) is 8.18. The summed E-state index contributed by atoms with van der Waals surface area (Å²) in [7, 11) is 0. The van der Waals surface area contributed by atoms with Crippen LogP contribution in [0.5, 0.6) is 11.6 Å². The first-order valence-corrected chi connectivity index (χ1v) is 8.18. The average molecular weight is 338 g/mol. The summed E-state index contributed by atoms with van der Waals surface area (Å²) in [6.45, 7) is 5.67. The summed E-state index contributed by atoms with van der Waals surface area (Å²) in [6, 6.07) is 5.99. The van der Waals surface area contributed by atoms with E-state index in [1.807, 2.05) is 36.7 Å². The molecule has 0 atom stereocenters. The van der Waals surface area contributed by atoms with Crippen LogP contribution in [0.2, 0.25) is 0 Å². The van der Waals surface area contributed by atoms with E-state index >= 15 is 0 Å². The van der Waals surface area contributed by atoms with Crippen LogP contribution in [0.15, 0.2) is 43.2 Å². The molecule has 130 valence electrons. The van der Waals surface area contributed by atoms with E-state index in [9.17, 15) is 0 Å². The van der Waals surface area contributed by atoms with Crippen LogP contribution in [-0.2, 0) is 6.54 Å². The fraction of sp³-hybridized carbons (Fsp3) is 0.278. The number of hydrogen-bond acceptors (Lipinski definition) is 6. The van der Waals surface area contributed by atoms with Gasteiger partial charge in [0.15, 0.2) is 5.82 Å². The van der Waals surface area contributed by atoms with Gasteiger partial charge in [-0.2, -0.15) is 4.98 Å². The van der Waals surface area contributed by atoms with Crippen molar-refractivity contribution in [2.75, 3.05) is 17.6 Å². The molecule has 0 aliphatic heterocycles. The number of nitrogens with one attached hydrogen (secondary N) is 1. The number of hydrogen-bond donors (Lipinski definition) is 2. The van der Waals surface area contributed by atoms with Crippen molar-refractivity contribution in [2.45, 2.75) is 26.8 Å². The van der Waals surface area contributed by atoms with Crippen molar-refractivity contribution in [1.29, 1.82) is 0 Å². The van der Waals surface area contributed by atoms with Crippen molar-refractivity contribution in [3.8, 4) is 11.6 Å². The van der Waals surface area contributed by atoms with Crippen LogP contribution in [0.4, 0.5) is 11.5 Å². The number of nitrogens with two attached hydrogens (primary N) is 1. The lowest BCUT2D eigenvalue weighted by Gasteiger charge is -2.12. The highest BCUT2D eigenvalue weighted by Gasteiger charge is 2.10. The molecule has 0 saturated heterocycles. The van der Waals surface area contributed by atoms with Crippen LogP contribution in [0.3, 0.4) is 0 Å². The van der Waals surface area contributed by atoms with Crippen LogP contribution in [0.25, 0.3) is 0 Å². The summed E-state index contributed by atoms with van der Waals surface area (Å²) in [6.07, 6.45) is 7.88. The van der Waals surface area contributed by atoms with Gasteiger partial charge in [-0.3, -0.25) is 0 Å². The molecule has 0 aliphatic carbocycles. The van der Waals surface area contributed by atoms with Gasteiger partial charge in [-0.15, -0.1) is 0 Å². The Balaban J connectivity index is 1.63. The second-order valence-electron chi connectivity index (χ2n) is 5.95. The van der Waals surface area contributed by atoms with Crippen molar-refractivity contribution in [1.82, 2.24) is 19.5 Å². The molecule has 25 heavy (non-hydrogen) atoms. The molecule has 0 radical (unpaired) electrons. The summed E-state index contributed by atoms with van der Waals surface area (Å²) in [5.74, 6) is 1.66. The Hall–Kier alpha value is -3.09. The zero-order chi connectivity index (χ0) is 17.6. The zero-order valence-corrected chi connectivity index (χ0v) is 14.4. The largest absolute Gasteiger partial charge is 0.437 e. The van der Waals surface area contributed by atoms with Gasteiger partial charge in [-0.25, -0.2) is 9.97 Å². The topological polar surface area (TPSA) is 90.9 Å². The third kappa shape index (κ3) is 4.47. The minimum Gasteiger partial charge on any atom is -0.437 e. The molecular weight excluding hydrogens is 316 g/mol. The van der Waals surface area contributed by atoms with Gasteiger partial charge in [-0.1, -0.05) is 6.07 Å². The highest BCUT2D eigenvalue weighted by Crippen LogP contribution is 2.30. The maximum atomic E-state index is 6.16. The molecule has 3 N–H and O–H groups in total. The Morgan fingerprint density at radius 2 is 1.96 bits per heavy atom. The number of benzene rings is 1. The second kappa shape index (κ2) is 7.65. The Labute approximate surface area is 146 Å². The summed E-state index contributed by atoms with van der Waals surface area (Å²) in [5.41, 5.74) is 8.81. The third-order valence-corrected chi connectivity index (χ3v) is 3.70. The number of imidazole rings is 1. The maximum Gasteiger partial charge on any atom is 0.248 e. The van der Waals surface area contributed by atoms with Gasteiger partial charge in [-0.05, 0) is 43.5 Å². The number of nitrogens with zero attached hydrogens (tertiary/aromatic N) is 4. The molecule has 1 aromatic carbocycles. The van der Waals surface area contributed by atoms with E-state index in [1.54, 1.807) is 12.5 Å². The molecule has 7 heteroatoms. The van der Waals surface area contributed by atoms with Gasteiger partial charge in [0.05, 0.1) is 6.33 Å². The van der Waals surface area contributed by atoms with Crippen LogP contribution in [0, 0.1) is 13.8 Å². The fourth-order valence-electron chi connectivity index (χ4n) is 2.59. The molecule has 7 nitrogen and oxygen atoms in total. The van der Waals surface area contributed by atoms with Gasteiger partial charge in [0.2, 0.25) is 5.88 Å². The smallest absolute Gasteiger partial charge is 0.248 e. The summed E-state index contributed by atoms with van der Waals surface area (Å²) < 4.78 is 7.88. The highest BCUT2D eigenvalue weighted by atomic mass is 16.5. The van der Waals surface area contributed by atoms with Crippen LogP contribution in [-0.4, -0.2) is 26.1 Å². The SMILES string of the molecule is Cc1cc(C)cc(Oc2ncnc(NCCCn3ccnc3)c2N)c1. The molecular formula is C18H22N6O. The Morgan fingerprint density at radius 3 is 2.68 bits per heavy atom. The Kier molecular flexibility index (Phi) is 5.13. The van der Waals surface area contributed by atoms with E-state index in [4.69, 9.17) is 10.5 Å². The van der Waals surface area contributed by atoms with E-state index in [2.05, 4.69) is 26.3 Å². The van der Waals surface area contributed by atoms with E-state index in [-0.39, 0.29) is 0 Å². The summed E-state index contributed by atoms with van der Waals surface area (Å²) in [4.78, 5) is 12.4. The Bertz CT molecular complexity index is 811. The van der Waals surface area contributed by atoms with Gasteiger partial charge in [0.1, 0.15) is 17.8 Å². The van der Waals surface area contributed by atoms with Crippen LogP contribution < -0.4 is 15.8 Å². The van der Waals surface area contributed by atoms with Crippen molar-refractivity contribution in [3.05, 3.63) is 54.4 Å². The highest BCUT2D eigenvalue weighted by molar-refractivity contribution is 5.67. The van der Waals surface area contributed by atoms with Crippen molar-refractivity contribution in [3.63, 3.8) is 0 Å². The lowest BCUT2D eigenvalue weighted by molar-refractivity contribution is 0.464. The van der Waals surface area contributed by atoms with Crippen molar-refractivity contribution in [2.24, 2.45) is 0 Å². The van der Waals surface area contributed by atoms with Gasteiger partial charge in [0.25, 0.3) is 0 Å². The van der Waals surface area contributed by atoms with Crippen molar-refractivity contribution >= 4 is 11.5 Å². The lowest BCUT2D eigenvalue weighted by Crippen LogP contribution is -2.10. The predicted octanol–water partition coefficient (Wildman–Crippen LogP) is 3.17. The quantitative estimate of drug-likeness (QED) is 0.643. The predicted molar refractivity (Wildman–Crippen MR) is 97.8 cm³/mol. The third-order valence-electron chi connectivity index (χ3n) is 3.70. The molecule has 0 unspecified atom stereocenters. The number of nitrogen functional groups attached to an aromatic ring is 1. The minimum atomic E-state index is 0.358. The van der Waals surface area contributed by atoms with E-state index in [0.717, 1.165) is 30.6 Å². The molecule has 0 saturated carbocycles. The molecule has 0 amide bonds. The molecule has 2 heterocycles. The summed E-state index contributed by atoms with van der Waals surface area (Å²) >= 11 is 0. The molecule has 0 fully saturated rings. The molecule has 3 rings (SSSR count). The molecule has 0 bridgehead atoms. The molecule has 2 aromatic heterocycles. The molecule has 0 spiro atoms. The Morgan fingerprint density at radius 1 is 1.16 bits per heavy atom. The number of rotatable bonds is 7. The summed E-state index contributed by atoms with van der Waals surface area (Å²) in [5, 5.41) is 3.23. The van der Waals surface area contributed by atoms with E-state index < -0.39 is 0 Å². The van der Waals surface area contributed by atoms with Gasteiger partial charge < -0.3 is 20.4 Å².